The Morgan fingerprint density at radius 3 is 1.29 bits per heavy atom. The molecule has 0 spiro atoms. The Morgan fingerprint density at radius 1 is 0.750 bits per heavy atom. The second-order valence-electron chi connectivity index (χ2n) is 5.13. The summed E-state index contributed by atoms with van der Waals surface area (Å²) in [5.41, 5.74) is 0. The zero-order valence-corrected chi connectivity index (χ0v) is 14.6. The van der Waals surface area contributed by atoms with Crippen LogP contribution in [0.4, 0.5) is 0 Å². The molecule has 0 saturated heterocycles. The average Bonchev–Trinajstić information content (AvgIpc) is 2.49. The first-order valence-corrected chi connectivity index (χ1v) is 8.33. The van der Waals surface area contributed by atoms with Crippen molar-refractivity contribution in [3.8, 4) is 0 Å². The van der Waals surface area contributed by atoms with E-state index in [9.17, 15) is 9.59 Å². The number of aliphatic hydroxyl groups excluding tert-OH is 3. The first kappa shape index (κ1) is 27.6. The SMILES string of the molecule is CCCC(O)O.O=C(O)CCCCC(=O)O.OCCCCCCO. The molecule has 0 amide bonds. The molecule has 0 aliphatic heterocycles. The van der Waals surface area contributed by atoms with E-state index in [1.165, 1.54) is 0 Å². The molecule has 0 saturated carbocycles. The molecule has 146 valence electrons. The topological polar surface area (TPSA) is 156 Å². The Kier molecular flexibility index (Phi) is 27.7. The molecule has 6 N–H and O–H groups in total. The van der Waals surface area contributed by atoms with Gasteiger partial charge in [-0.2, -0.15) is 0 Å². The predicted molar refractivity (Wildman–Crippen MR) is 89.5 cm³/mol. The van der Waals surface area contributed by atoms with Gasteiger partial charge in [-0.05, 0) is 32.1 Å². The van der Waals surface area contributed by atoms with Gasteiger partial charge in [0.05, 0.1) is 0 Å². The summed E-state index contributed by atoms with van der Waals surface area (Å²) in [6.07, 6.45) is 5.06. The summed E-state index contributed by atoms with van der Waals surface area (Å²) in [6, 6.07) is 0. The van der Waals surface area contributed by atoms with Crippen molar-refractivity contribution in [3.63, 3.8) is 0 Å². The van der Waals surface area contributed by atoms with Gasteiger partial charge in [0, 0.05) is 26.1 Å². The van der Waals surface area contributed by atoms with E-state index >= 15 is 0 Å². The molecule has 8 heteroatoms. The fourth-order valence-electron chi connectivity index (χ4n) is 1.39. The Bertz CT molecular complexity index is 247. The average molecular weight is 354 g/mol. The van der Waals surface area contributed by atoms with Crippen molar-refractivity contribution in [2.45, 2.75) is 77.4 Å². The van der Waals surface area contributed by atoms with Crippen molar-refractivity contribution in [2.75, 3.05) is 13.2 Å². The van der Waals surface area contributed by atoms with Crippen molar-refractivity contribution in [1.29, 1.82) is 0 Å². The molecule has 0 rings (SSSR count). The van der Waals surface area contributed by atoms with Gasteiger partial charge in [0.1, 0.15) is 0 Å². The Balaban J connectivity index is -0.000000285. The van der Waals surface area contributed by atoms with Gasteiger partial charge in [-0.15, -0.1) is 0 Å². The maximum atomic E-state index is 9.90. The van der Waals surface area contributed by atoms with E-state index in [4.69, 9.17) is 30.6 Å². The van der Waals surface area contributed by atoms with Crippen LogP contribution in [0, 0.1) is 0 Å². The fraction of sp³-hybridized carbons (Fsp3) is 0.875. The van der Waals surface area contributed by atoms with Crippen molar-refractivity contribution < 1.29 is 40.2 Å². The highest BCUT2D eigenvalue weighted by molar-refractivity contribution is 5.67. The van der Waals surface area contributed by atoms with Crippen molar-refractivity contribution in [2.24, 2.45) is 0 Å². The third-order valence-electron chi connectivity index (χ3n) is 2.64. The predicted octanol–water partition coefficient (Wildman–Crippen LogP) is 1.34. The van der Waals surface area contributed by atoms with Gasteiger partial charge in [-0.3, -0.25) is 9.59 Å². The van der Waals surface area contributed by atoms with Crippen LogP contribution in [0.2, 0.25) is 0 Å². The van der Waals surface area contributed by atoms with Gasteiger partial charge in [0.2, 0.25) is 0 Å². The van der Waals surface area contributed by atoms with Crippen LogP contribution in [0.3, 0.4) is 0 Å². The Hall–Kier alpha value is -1.22. The second kappa shape index (κ2) is 24.0. The van der Waals surface area contributed by atoms with Gasteiger partial charge in [-0.1, -0.05) is 26.2 Å². The highest BCUT2D eigenvalue weighted by Gasteiger charge is 1.99. The summed E-state index contributed by atoms with van der Waals surface area (Å²) in [5.74, 6) is -1.74. The minimum atomic E-state index is -1.10. The number of hydrogen-bond donors (Lipinski definition) is 6. The monoisotopic (exact) mass is 354 g/mol. The summed E-state index contributed by atoms with van der Waals surface area (Å²) in [4.78, 5) is 19.8. The van der Waals surface area contributed by atoms with Crippen LogP contribution in [0.1, 0.15) is 71.1 Å². The number of aliphatic carboxylic acids is 2. The normalized spacial score (nSPS) is 9.58. The number of carbonyl (C=O) groups is 2. The van der Waals surface area contributed by atoms with Crippen molar-refractivity contribution in [1.82, 2.24) is 0 Å². The molecule has 0 aromatic carbocycles. The van der Waals surface area contributed by atoms with E-state index in [1.807, 2.05) is 6.92 Å². The lowest BCUT2D eigenvalue weighted by molar-refractivity contribution is -0.139. The molecule has 0 fully saturated rings. The minimum Gasteiger partial charge on any atom is -0.481 e. The number of aliphatic hydroxyl groups is 4. The molecule has 0 bridgehead atoms. The maximum Gasteiger partial charge on any atom is 0.303 e. The summed E-state index contributed by atoms with van der Waals surface area (Å²) in [5, 5.41) is 49.1. The molecule has 24 heavy (non-hydrogen) atoms. The lowest BCUT2D eigenvalue weighted by Gasteiger charge is -1.94. The van der Waals surface area contributed by atoms with Gasteiger partial charge in [0.15, 0.2) is 6.29 Å². The van der Waals surface area contributed by atoms with E-state index in [0.717, 1.165) is 32.1 Å². The van der Waals surface area contributed by atoms with Crippen LogP contribution in [-0.4, -0.2) is 62.1 Å². The number of carboxylic acid groups (broad SMARTS) is 2. The quantitative estimate of drug-likeness (QED) is 0.226. The van der Waals surface area contributed by atoms with Gasteiger partial charge in [0.25, 0.3) is 0 Å². The lowest BCUT2D eigenvalue weighted by atomic mass is 10.2. The van der Waals surface area contributed by atoms with Gasteiger partial charge >= 0.3 is 11.9 Å². The Labute approximate surface area is 143 Å². The molecule has 0 aliphatic carbocycles. The van der Waals surface area contributed by atoms with Gasteiger partial charge < -0.3 is 30.6 Å². The number of rotatable bonds is 12. The van der Waals surface area contributed by atoms with E-state index in [0.29, 0.717) is 19.3 Å². The van der Waals surface area contributed by atoms with Crippen LogP contribution in [0.5, 0.6) is 0 Å². The molecule has 0 unspecified atom stereocenters. The highest BCUT2D eigenvalue weighted by Crippen LogP contribution is 1.98. The van der Waals surface area contributed by atoms with Crippen molar-refractivity contribution >= 4 is 11.9 Å². The van der Waals surface area contributed by atoms with Crippen LogP contribution in [0.15, 0.2) is 0 Å². The smallest absolute Gasteiger partial charge is 0.303 e. The van der Waals surface area contributed by atoms with E-state index < -0.39 is 18.2 Å². The van der Waals surface area contributed by atoms with Gasteiger partial charge in [-0.25, -0.2) is 0 Å². The molecule has 0 radical (unpaired) electrons. The van der Waals surface area contributed by atoms with E-state index in [-0.39, 0.29) is 26.1 Å². The molecule has 0 heterocycles. The summed E-state index contributed by atoms with van der Waals surface area (Å²) < 4.78 is 0. The molecule has 0 atom stereocenters. The molecular weight excluding hydrogens is 320 g/mol. The highest BCUT2D eigenvalue weighted by atomic mass is 16.5. The summed E-state index contributed by atoms with van der Waals surface area (Å²) in [7, 11) is 0. The summed E-state index contributed by atoms with van der Waals surface area (Å²) in [6.45, 7) is 2.47. The number of hydrogen-bond acceptors (Lipinski definition) is 6. The fourth-order valence-corrected chi connectivity index (χ4v) is 1.39. The first-order valence-electron chi connectivity index (χ1n) is 8.33. The lowest BCUT2D eigenvalue weighted by Crippen LogP contribution is -2.01. The van der Waals surface area contributed by atoms with Crippen LogP contribution >= 0.6 is 0 Å². The second-order valence-corrected chi connectivity index (χ2v) is 5.13. The minimum absolute atomic E-state index is 0.0628. The summed E-state index contributed by atoms with van der Waals surface area (Å²) >= 11 is 0. The molecule has 8 nitrogen and oxygen atoms in total. The van der Waals surface area contributed by atoms with Crippen molar-refractivity contribution in [3.05, 3.63) is 0 Å². The zero-order valence-electron chi connectivity index (χ0n) is 14.6. The largest absolute Gasteiger partial charge is 0.481 e. The molecule has 0 aliphatic rings. The molecular formula is C16H34O8. The number of carboxylic acids is 2. The number of unbranched alkanes of at least 4 members (excludes halogenated alkanes) is 4. The zero-order chi connectivity index (χ0) is 19.2. The van der Waals surface area contributed by atoms with Crippen LogP contribution < -0.4 is 0 Å². The molecule has 0 aromatic heterocycles. The van der Waals surface area contributed by atoms with E-state index in [2.05, 4.69) is 0 Å². The maximum absolute atomic E-state index is 9.90. The first-order chi connectivity index (χ1) is 11.3. The van der Waals surface area contributed by atoms with Crippen LogP contribution in [0.25, 0.3) is 0 Å². The molecule has 0 aromatic rings. The van der Waals surface area contributed by atoms with E-state index in [1.54, 1.807) is 0 Å². The Morgan fingerprint density at radius 2 is 1.12 bits per heavy atom. The third kappa shape index (κ3) is 42.8. The standard InChI is InChI=1S/C6H10O4.C6H14O2.C4H10O2/c7-5(8)3-1-2-4-6(9)10;7-5-3-1-2-4-6-8;1-2-3-4(5)6/h1-4H2,(H,7,8)(H,9,10);7-8H,1-6H2;4-6H,2-3H2,1H3. The van der Waals surface area contributed by atoms with Crippen LogP contribution in [-0.2, 0) is 9.59 Å². The third-order valence-corrected chi connectivity index (χ3v) is 2.64.